The number of hydrogen-bond acceptors (Lipinski definition) is 2. The second-order valence-corrected chi connectivity index (χ2v) is 7.23. The van der Waals surface area contributed by atoms with Gasteiger partial charge in [0, 0.05) is 19.0 Å². The Kier molecular flexibility index (Phi) is 4.40. The third-order valence-electron chi connectivity index (χ3n) is 5.37. The summed E-state index contributed by atoms with van der Waals surface area (Å²) in [5.74, 6) is 0.990. The van der Waals surface area contributed by atoms with Crippen LogP contribution in [0.25, 0.3) is 0 Å². The second-order valence-electron chi connectivity index (χ2n) is 7.23. The molecule has 4 nitrogen and oxygen atoms in total. The highest BCUT2D eigenvalue weighted by atomic mass is 16.4. The average Bonchev–Trinajstić information content (AvgIpc) is 2.82. The van der Waals surface area contributed by atoms with E-state index in [1.165, 1.54) is 0 Å². The Morgan fingerprint density at radius 2 is 1.80 bits per heavy atom. The van der Waals surface area contributed by atoms with Crippen molar-refractivity contribution in [2.24, 2.45) is 23.2 Å². The first-order valence-electron chi connectivity index (χ1n) is 7.85. The summed E-state index contributed by atoms with van der Waals surface area (Å²) in [6, 6.07) is 0. The lowest BCUT2D eigenvalue weighted by Crippen LogP contribution is -2.39. The molecular weight excluding hydrogens is 254 g/mol. The summed E-state index contributed by atoms with van der Waals surface area (Å²) in [5.41, 5.74) is -0.745. The number of likely N-dealkylation sites (tertiary alicyclic amines) is 1. The molecular formula is C16H27NO3. The summed E-state index contributed by atoms with van der Waals surface area (Å²) in [4.78, 5) is 25.6. The molecule has 2 fully saturated rings. The van der Waals surface area contributed by atoms with Gasteiger partial charge in [-0.25, -0.2) is 0 Å². The first-order chi connectivity index (χ1) is 9.33. The zero-order chi connectivity index (χ0) is 14.9. The predicted octanol–water partition coefficient (Wildman–Crippen LogP) is 2.77. The summed E-state index contributed by atoms with van der Waals surface area (Å²) in [7, 11) is 0. The van der Waals surface area contributed by atoms with Crippen molar-refractivity contribution in [3.8, 4) is 0 Å². The number of hydrogen-bond donors (Lipinski definition) is 1. The standard InChI is InChI=1S/C16H27NO3/c1-11(2)12-4-6-13(7-5-12)14(18)17-9-8-16(3,10-17)15(19)20/h11-13H,4-10H2,1-3H3,(H,19,20). The van der Waals surface area contributed by atoms with E-state index in [9.17, 15) is 14.7 Å². The molecule has 114 valence electrons. The lowest BCUT2D eigenvalue weighted by atomic mass is 9.76. The molecule has 1 N–H and O–H groups in total. The third kappa shape index (κ3) is 2.99. The van der Waals surface area contributed by atoms with Crippen LogP contribution < -0.4 is 0 Å². The minimum atomic E-state index is -0.781. The molecule has 2 rings (SSSR count). The van der Waals surface area contributed by atoms with Gasteiger partial charge in [0.15, 0.2) is 0 Å². The van der Waals surface area contributed by atoms with Crippen LogP contribution in [0.1, 0.15) is 52.9 Å². The number of carbonyl (C=O) groups excluding carboxylic acids is 1. The first-order valence-corrected chi connectivity index (χ1v) is 7.85. The van der Waals surface area contributed by atoms with Crippen LogP contribution in [0.15, 0.2) is 0 Å². The number of amides is 1. The van der Waals surface area contributed by atoms with E-state index in [4.69, 9.17) is 0 Å². The minimum Gasteiger partial charge on any atom is -0.481 e. The minimum absolute atomic E-state index is 0.126. The molecule has 1 atom stereocenters. The van der Waals surface area contributed by atoms with Gasteiger partial charge in [-0.3, -0.25) is 9.59 Å². The molecule has 1 amide bonds. The molecule has 1 saturated carbocycles. The molecule has 4 heteroatoms. The lowest BCUT2D eigenvalue weighted by Gasteiger charge is -2.32. The van der Waals surface area contributed by atoms with Gasteiger partial charge in [0.25, 0.3) is 0 Å². The van der Waals surface area contributed by atoms with Gasteiger partial charge in [-0.1, -0.05) is 13.8 Å². The van der Waals surface area contributed by atoms with E-state index in [0.29, 0.717) is 25.4 Å². The number of carboxylic acids is 1. The monoisotopic (exact) mass is 281 g/mol. The fourth-order valence-corrected chi connectivity index (χ4v) is 3.61. The molecule has 2 aliphatic rings. The van der Waals surface area contributed by atoms with E-state index < -0.39 is 11.4 Å². The highest BCUT2D eigenvalue weighted by molar-refractivity contribution is 5.82. The smallest absolute Gasteiger partial charge is 0.311 e. The topological polar surface area (TPSA) is 57.6 Å². The van der Waals surface area contributed by atoms with Crippen molar-refractivity contribution in [1.29, 1.82) is 0 Å². The van der Waals surface area contributed by atoms with Gasteiger partial charge in [-0.15, -0.1) is 0 Å². The van der Waals surface area contributed by atoms with Gasteiger partial charge in [0.2, 0.25) is 5.91 Å². The summed E-state index contributed by atoms with van der Waals surface area (Å²) in [6.07, 6.45) is 4.80. The molecule has 1 saturated heterocycles. The Morgan fingerprint density at radius 3 is 2.25 bits per heavy atom. The summed E-state index contributed by atoms with van der Waals surface area (Å²) < 4.78 is 0. The van der Waals surface area contributed by atoms with E-state index in [-0.39, 0.29) is 11.8 Å². The molecule has 0 spiro atoms. The van der Waals surface area contributed by atoms with Crippen LogP contribution in [-0.2, 0) is 9.59 Å². The van der Waals surface area contributed by atoms with Crippen molar-refractivity contribution < 1.29 is 14.7 Å². The Bertz CT molecular complexity index is 385. The number of nitrogens with zero attached hydrogens (tertiary/aromatic N) is 1. The number of carbonyl (C=O) groups is 2. The Hall–Kier alpha value is -1.06. The maximum Gasteiger partial charge on any atom is 0.311 e. The maximum atomic E-state index is 12.5. The van der Waals surface area contributed by atoms with Gasteiger partial charge >= 0.3 is 5.97 Å². The van der Waals surface area contributed by atoms with E-state index in [0.717, 1.165) is 31.6 Å². The van der Waals surface area contributed by atoms with Gasteiger partial charge in [0.1, 0.15) is 0 Å². The van der Waals surface area contributed by atoms with Gasteiger partial charge in [-0.05, 0) is 50.9 Å². The quantitative estimate of drug-likeness (QED) is 0.865. The summed E-state index contributed by atoms with van der Waals surface area (Å²) in [5, 5.41) is 9.24. The molecule has 0 radical (unpaired) electrons. The molecule has 0 aromatic rings. The molecule has 20 heavy (non-hydrogen) atoms. The SMILES string of the molecule is CC(C)C1CCC(C(=O)N2CCC(C)(C(=O)O)C2)CC1. The molecule has 1 unspecified atom stereocenters. The molecule has 1 aliphatic heterocycles. The lowest BCUT2D eigenvalue weighted by molar-refractivity contribution is -0.147. The van der Waals surface area contributed by atoms with Crippen molar-refractivity contribution in [2.75, 3.05) is 13.1 Å². The van der Waals surface area contributed by atoms with Gasteiger partial charge < -0.3 is 10.0 Å². The summed E-state index contributed by atoms with van der Waals surface area (Å²) in [6.45, 7) is 7.24. The summed E-state index contributed by atoms with van der Waals surface area (Å²) >= 11 is 0. The molecule has 1 heterocycles. The zero-order valence-corrected chi connectivity index (χ0v) is 12.9. The largest absolute Gasteiger partial charge is 0.481 e. The van der Waals surface area contributed by atoms with Crippen LogP contribution in [0.4, 0.5) is 0 Å². The third-order valence-corrected chi connectivity index (χ3v) is 5.37. The van der Waals surface area contributed by atoms with Crippen LogP contribution in [0, 0.1) is 23.2 Å². The molecule has 0 bridgehead atoms. The Balaban J connectivity index is 1.89. The molecule has 1 aliphatic carbocycles. The number of carboxylic acid groups (broad SMARTS) is 1. The van der Waals surface area contributed by atoms with Crippen molar-refractivity contribution in [2.45, 2.75) is 52.9 Å². The zero-order valence-electron chi connectivity index (χ0n) is 12.9. The van der Waals surface area contributed by atoms with Crippen LogP contribution >= 0.6 is 0 Å². The van der Waals surface area contributed by atoms with E-state index in [2.05, 4.69) is 13.8 Å². The highest BCUT2D eigenvalue weighted by Gasteiger charge is 2.43. The predicted molar refractivity (Wildman–Crippen MR) is 77.2 cm³/mol. The van der Waals surface area contributed by atoms with E-state index >= 15 is 0 Å². The number of aliphatic carboxylic acids is 1. The average molecular weight is 281 g/mol. The fraction of sp³-hybridized carbons (Fsp3) is 0.875. The normalized spacial score (nSPS) is 34.5. The fourth-order valence-electron chi connectivity index (χ4n) is 3.61. The van der Waals surface area contributed by atoms with Crippen molar-refractivity contribution >= 4 is 11.9 Å². The molecule has 0 aromatic carbocycles. The van der Waals surface area contributed by atoms with Crippen molar-refractivity contribution in [1.82, 2.24) is 4.90 Å². The second kappa shape index (κ2) is 5.74. The molecule has 0 aromatic heterocycles. The van der Waals surface area contributed by atoms with Crippen molar-refractivity contribution in [3.63, 3.8) is 0 Å². The maximum absolute atomic E-state index is 12.5. The highest BCUT2D eigenvalue weighted by Crippen LogP contribution is 2.36. The van der Waals surface area contributed by atoms with Crippen LogP contribution in [0.2, 0.25) is 0 Å². The Morgan fingerprint density at radius 1 is 1.20 bits per heavy atom. The van der Waals surface area contributed by atoms with Gasteiger partial charge in [0.05, 0.1) is 5.41 Å². The van der Waals surface area contributed by atoms with Crippen LogP contribution in [0.5, 0.6) is 0 Å². The van der Waals surface area contributed by atoms with Gasteiger partial charge in [-0.2, -0.15) is 0 Å². The van der Waals surface area contributed by atoms with Crippen LogP contribution in [0.3, 0.4) is 0 Å². The van der Waals surface area contributed by atoms with Crippen LogP contribution in [-0.4, -0.2) is 35.0 Å². The van der Waals surface area contributed by atoms with Crippen molar-refractivity contribution in [3.05, 3.63) is 0 Å². The van der Waals surface area contributed by atoms with E-state index in [1.54, 1.807) is 11.8 Å². The number of rotatable bonds is 3. The van der Waals surface area contributed by atoms with E-state index in [1.807, 2.05) is 0 Å². The first kappa shape index (κ1) is 15.3. The Labute approximate surface area is 121 Å².